The molecule has 4 N–H and O–H groups in total. The van der Waals surface area contributed by atoms with Crippen LogP contribution in [-0.2, 0) is 13.0 Å². The molecule has 0 aliphatic rings. The number of amidine groups is 1. The molecule has 0 aliphatic heterocycles. The average molecular weight is 391 g/mol. The zero-order valence-corrected chi connectivity index (χ0v) is 18.0. The van der Waals surface area contributed by atoms with Gasteiger partial charge in [0.25, 0.3) is 0 Å². The minimum atomic E-state index is 0.615. The number of nitrogens with two attached hydrogens (primary N) is 1. The summed E-state index contributed by atoms with van der Waals surface area (Å²) in [6, 6.07) is 8.44. The van der Waals surface area contributed by atoms with Gasteiger partial charge in [0, 0.05) is 25.5 Å². The first-order valence-corrected chi connectivity index (χ1v) is 9.77. The monoisotopic (exact) mass is 390 g/mol. The van der Waals surface area contributed by atoms with Gasteiger partial charge in [-0.3, -0.25) is 0 Å². The highest BCUT2D eigenvalue weighted by molar-refractivity contribution is 5.80. The van der Waals surface area contributed by atoms with Gasteiger partial charge in [0.1, 0.15) is 0 Å². The first-order chi connectivity index (χ1) is 14.0. The Morgan fingerprint density at radius 1 is 1.21 bits per heavy atom. The van der Waals surface area contributed by atoms with Crippen molar-refractivity contribution in [1.82, 2.24) is 10.6 Å². The van der Waals surface area contributed by atoms with Gasteiger partial charge < -0.3 is 16.4 Å². The number of rotatable bonds is 11. The van der Waals surface area contributed by atoms with Crippen molar-refractivity contribution in [3.8, 4) is 0 Å². The van der Waals surface area contributed by atoms with Gasteiger partial charge in [-0.25, -0.2) is 4.99 Å². The summed E-state index contributed by atoms with van der Waals surface area (Å²) in [5, 5.41) is 6.43. The van der Waals surface area contributed by atoms with E-state index in [-0.39, 0.29) is 0 Å². The van der Waals surface area contributed by atoms with Crippen molar-refractivity contribution >= 4 is 5.84 Å². The lowest BCUT2D eigenvalue weighted by Gasteiger charge is -2.13. The summed E-state index contributed by atoms with van der Waals surface area (Å²) >= 11 is 0. The maximum Gasteiger partial charge on any atom is 0.0986 e. The quantitative estimate of drug-likeness (QED) is 0.286. The molecule has 0 fully saturated rings. The first-order valence-electron chi connectivity index (χ1n) is 9.77. The molecular formula is C25H34N4. The van der Waals surface area contributed by atoms with E-state index in [9.17, 15) is 0 Å². The van der Waals surface area contributed by atoms with E-state index in [0.717, 1.165) is 41.2 Å². The second-order valence-corrected chi connectivity index (χ2v) is 6.57. The van der Waals surface area contributed by atoms with E-state index in [1.54, 1.807) is 12.2 Å². The summed E-state index contributed by atoms with van der Waals surface area (Å²) in [5.41, 5.74) is 11.7. The van der Waals surface area contributed by atoms with Crippen molar-refractivity contribution in [2.75, 3.05) is 7.05 Å². The van der Waals surface area contributed by atoms with Crippen LogP contribution >= 0.6 is 0 Å². The molecule has 0 heterocycles. The van der Waals surface area contributed by atoms with Gasteiger partial charge >= 0.3 is 0 Å². The van der Waals surface area contributed by atoms with Crippen LogP contribution in [0.15, 0.2) is 102 Å². The van der Waals surface area contributed by atoms with Gasteiger partial charge in [-0.15, -0.1) is 0 Å². The van der Waals surface area contributed by atoms with E-state index in [1.807, 2.05) is 26.2 Å². The lowest BCUT2D eigenvalue weighted by Crippen LogP contribution is -2.20. The van der Waals surface area contributed by atoms with Gasteiger partial charge in [-0.05, 0) is 59.9 Å². The Morgan fingerprint density at radius 2 is 1.90 bits per heavy atom. The Kier molecular flexibility index (Phi) is 10.7. The molecule has 1 rings (SSSR count). The SMILES string of the molecule is C=C/C(=C\N=C(/C)NCc1ccccc1CC)CC(=C)/C(=C/C=C\N)C(=C)NC. The van der Waals surface area contributed by atoms with Crippen LogP contribution in [0.3, 0.4) is 0 Å². The van der Waals surface area contributed by atoms with E-state index in [4.69, 9.17) is 5.73 Å². The molecule has 0 amide bonds. The maximum absolute atomic E-state index is 5.46. The van der Waals surface area contributed by atoms with Crippen molar-refractivity contribution < 1.29 is 0 Å². The summed E-state index contributed by atoms with van der Waals surface area (Å²) < 4.78 is 0. The van der Waals surface area contributed by atoms with Gasteiger partial charge in [-0.2, -0.15) is 0 Å². The molecule has 1 aromatic carbocycles. The molecule has 0 unspecified atom stereocenters. The molecule has 0 bridgehead atoms. The predicted octanol–water partition coefficient (Wildman–Crippen LogP) is 4.91. The highest BCUT2D eigenvalue weighted by Gasteiger charge is 2.07. The lowest BCUT2D eigenvalue weighted by molar-refractivity contribution is 0.886. The van der Waals surface area contributed by atoms with E-state index < -0.39 is 0 Å². The van der Waals surface area contributed by atoms with Gasteiger partial charge in [0.2, 0.25) is 0 Å². The zero-order valence-electron chi connectivity index (χ0n) is 18.0. The fraction of sp³-hybridized carbons (Fsp3) is 0.240. The molecule has 0 aliphatic carbocycles. The minimum absolute atomic E-state index is 0.615. The molecule has 0 atom stereocenters. The second-order valence-electron chi connectivity index (χ2n) is 6.57. The maximum atomic E-state index is 5.46. The van der Waals surface area contributed by atoms with Crippen LogP contribution in [-0.4, -0.2) is 12.9 Å². The molecule has 0 radical (unpaired) electrons. The van der Waals surface area contributed by atoms with Gasteiger partial charge in [-0.1, -0.05) is 63.1 Å². The van der Waals surface area contributed by atoms with Crippen molar-refractivity contribution in [2.24, 2.45) is 10.7 Å². The van der Waals surface area contributed by atoms with Crippen LogP contribution in [0.25, 0.3) is 0 Å². The zero-order chi connectivity index (χ0) is 21.6. The minimum Gasteiger partial charge on any atom is -0.405 e. The standard InChI is InChI=1S/C25H34N4/c1-7-22(16-19(3)25(14-11-15-26)20(4)27-6)17-28-21(5)29-18-24-13-10-9-12-23(24)8-2/h7,9-15,17,27H,1,3-4,8,16,18,26H2,2,5-6H3,(H,28,29)/b15-11-,22-17+,25-14-. The summed E-state index contributed by atoms with van der Waals surface area (Å²) in [5.74, 6) is 0.849. The molecule has 4 heteroatoms. The second kappa shape index (κ2) is 13.0. The highest BCUT2D eigenvalue weighted by atomic mass is 15.0. The number of aryl methyl sites for hydroxylation is 1. The molecule has 29 heavy (non-hydrogen) atoms. The lowest BCUT2D eigenvalue weighted by atomic mass is 9.97. The van der Waals surface area contributed by atoms with Crippen LogP contribution in [0.5, 0.6) is 0 Å². The van der Waals surface area contributed by atoms with Crippen molar-refractivity contribution in [2.45, 2.75) is 33.2 Å². The molecule has 154 valence electrons. The number of hydrogen-bond donors (Lipinski definition) is 3. The van der Waals surface area contributed by atoms with E-state index >= 15 is 0 Å². The van der Waals surface area contributed by atoms with Crippen LogP contribution in [0.2, 0.25) is 0 Å². The van der Waals surface area contributed by atoms with Gasteiger partial charge in [0.05, 0.1) is 5.84 Å². The van der Waals surface area contributed by atoms with Crippen LogP contribution < -0.4 is 16.4 Å². The molecule has 0 aromatic heterocycles. The third-order valence-corrected chi connectivity index (χ3v) is 4.52. The number of benzene rings is 1. The average Bonchev–Trinajstić information content (AvgIpc) is 2.75. The number of nitrogens with zero attached hydrogens (tertiary/aromatic N) is 1. The van der Waals surface area contributed by atoms with E-state index in [1.165, 1.54) is 17.3 Å². The Hall–Kier alpha value is -3.27. The third kappa shape index (κ3) is 8.09. The molecule has 0 saturated heterocycles. The Balaban J connectivity index is 2.84. The Morgan fingerprint density at radius 3 is 2.48 bits per heavy atom. The number of hydrogen-bond acceptors (Lipinski definition) is 3. The largest absolute Gasteiger partial charge is 0.405 e. The molecule has 4 nitrogen and oxygen atoms in total. The fourth-order valence-electron chi connectivity index (χ4n) is 2.75. The molecule has 1 aromatic rings. The summed E-state index contributed by atoms with van der Waals surface area (Å²) in [4.78, 5) is 4.55. The summed E-state index contributed by atoms with van der Waals surface area (Å²) in [6.07, 6.45) is 10.4. The Bertz CT molecular complexity index is 838. The number of aliphatic imine (C=N–C) groups is 1. The molecular weight excluding hydrogens is 356 g/mol. The topological polar surface area (TPSA) is 62.4 Å². The number of allylic oxidation sites excluding steroid dienone is 5. The third-order valence-electron chi connectivity index (χ3n) is 4.52. The van der Waals surface area contributed by atoms with Crippen LogP contribution in [0.4, 0.5) is 0 Å². The van der Waals surface area contributed by atoms with Gasteiger partial charge in [0.15, 0.2) is 0 Å². The first kappa shape index (κ1) is 23.8. The van der Waals surface area contributed by atoms with Crippen molar-refractivity contribution in [3.63, 3.8) is 0 Å². The van der Waals surface area contributed by atoms with E-state index in [0.29, 0.717) is 6.42 Å². The molecule has 0 saturated carbocycles. The molecule has 0 spiro atoms. The summed E-state index contributed by atoms with van der Waals surface area (Å²) in [7, 11) is 1.83. The number of nitrogens with one attached hydrogen (secondary N) is 2. The summed E-state index contributed by atoms with van der Waals surface area (Å²) in [6.45, 7) is 17.0. The Labute approximate surface area is 176 Å². The predicted molar refractivity (Wildman–Crippen MR) is 127 cm³/mol. The number of likely N-dealkylation sites (N-methyl/N-ethyl adjacent to an activating group) is 1. The fourth-order valence-corrected chi connectivity index (χ4v) is 2.75. The normalized spacial score (nSPS) is 12.7. The highest BCUT2D eigenvalue weighted by Crippen LogP contribution is 2.22. The van der Waals surface area contributed by atoms with Crippen molar-refractivity contribution in [3.05, 3.63) is 108 Å². The van der Waals surface area contributed by atoms with Crippen LogP contribution in [0.1, 0.15) is 31.4 Å². The smallest absolute Gasteiger partial charge is 0.0986 e. The van der Waals surface area contributed by atoms with Crippen LogP contribution in [0, 0.1) is 0 Å². The van der Waals surface area contributed by atoms with Crippen molar-refractivity contribution in [1.29, 1.82) is 0 Å². The van der Waals surface area contributed by atoms with E-state index in [2.05, 4.69) is 66.6 Å².